The summed E-state index contributed by atoms with van der Waals surface area (Å²) in [5.41, 5.74) is 0. The summed E-state index contributed by atoms with van der Waals surface area (Å²) in [6.45, 7) is 0.832. The van der Waals surface area contributed by atoms with Crippen LogP contribution in [0.5, 0.6) is 0 Å². The van der Waals surface area contributed by atoms with E-state index >= 15 is 0 Å². The Balaban J connectivity index is 2.35. The highest BCUT2D eigenvalue weighted by molar-refractivity contribution is 9.09. The molecule has 0 saturated heterocycles. The van der Waals surface area contributed by atoms with Crippen molar-refractivity contribution in [3.63, 3.8) is 0 Å². The van der Waals surface area contributed by atoms with Gasteiger partial charge >= 0.3 is 0 Å². The molecule has 1 aliphatic rings. The molecule has 0 aliphatic heterocycles. The predicted molar refractivity (Wildman–Crippen MR) is 61.5 cm³/mol. The van der Waals surface area contributed by atoms with Crippen LogP contribution in [0.4, 0.5) is 0 Å². The van der Waals surface area contributed by atoms with Crippen LogP contribution in [-0.2, 0) is 4.79 Å². The average molecular weight is 266 g/mol. The fraction of sp³-hybridized carbons (Fsp3) is 0.889. The van der Waals surface area contributed by atoms with E-state index in [-0.39, 0.29) is 5.91 Å². The quantitative estimate of drug-likeness (QED) is 0.790. The molecule has 0 atom stereocenters. The summed E-state index contributed by atoms with van der Waals surface area (Å²) in [5.74, 6) is 0.0975. The van der Waals surface area contributed by atoms with Gasteiger partial charge in [0.25, 0.3) is 0 Å². The van der Waals surface area contributed by atoms with Crippen LogP contribution < -0.4 is 5.32 Å². The summed E-state index contributed by atoms with van der Waals surface area (Å²) in [6, 6.07) is 0. The fourth-order valence-corrected chi connectivity index (χ4v) is 2.89. The summed E-state index contributed by atoms with van der Waals surface area (Å²) < 4.78 is 0.331. The van der Waals surface area contributed by atoms with Gasteiger partial charge in [-0.05, 0) is 19.1 Å². The third-order valence-corrected chi connectivity index (χ3v) is 4.60. The van der Waals surface area contributed by atoms with Crippen molar-refractivity contribution in [1.82, 2.24) is 5.32 Å². The lowest BCUT2D eigenvalue weighted by Gasteiger charge is -2.26. The van der Waals surface area contributed by atoms with Gasteiger partial charge in [-0.15, -0.1) is 0 Å². The van der Waals surface area contributed by atoms with Gasteiger partial charge in [0.15, 0.2) is 0 Å². The molecule has 0 aromatic rings. The first-order valence-electron chi connectivity index (χ1n) is 4.60. The van der Waals surface area contributed by atoms with E-state index in [4.69, 9.17) is 0 Å². The van der Waals surface area contributed by atoms with Gasteiger partial charge in [0.1, 0.15) is 0 Å². The molecule has 0 spiro atoms. The molecule has 1 rings (SSSR count). The summed E-state index contributed by atoms with van der Waals surface area (Å²) in [6.07, 6.45) is 7.26. The van der Waals surface area contributed by atoms with E-state index in [9.17, 15) is 4.79 Å². The Labute approximate surface area is 92.4 Å². The Kier molecular flexibility index (Phi) is 4.59. The highest BCUT2D eigenvalue weighted by atomic mass is 79.9. The normalized spacial score (nSPS) is 20.2. The molecule has 76 valence electrons. The average Bonchev–Trinajstić information content (AvgIpc) is 2.63. The zero-order valence-corrected chi connectivity index (χ0v) is 10.3. The van der Waals surface area contributed by atoms with Gasteiger partial charge in [-0.25, -0.2) is 0 Å². The van der Waals surface area contributed by atoms with Crippen LogP contribution in [0.1, 0.15) is 25.7 Å². The molecule has 0 aromatic carbocycles. The molecular formula is C9H16BrNOS. The number of carbonyl (C=O) groups is 1. The first kappa shape index (κ1) is 11.4. The Hall–Kier alpha value is 0.300. The molecule has 0 aromatic heterocycles. The molecule has 4 heteroatoms. The lowest BCUT2D eigenvalue weighted by Crippen LogP contribution is -2.38. The molecule has 0 bridgehead atoms. The lowest BCUT2D eigenvalue weighted by molar-refractivity contribution is -0.118. The minimum atomic E-state index is 0.0975. The van der Waals surface area contributed by atoms with E-state index in [0.717, 1.165) is 6.54 Å². The van der Waals surface area contributed by atoms with Crippen LogP contribution in [0.25, 0.3) is 0 Å². The maximum atomic E-state index is 11.1. The Morgan fingerprint density at radius 1 is 1.54 bits per heavy atom. The standard InChI is InChI=1S/C9H16BrNOS/c1-13-9(4-2-3-5-9)7-11-8(12)6-10/h2-7H2,1H3,(H,11,12). The van der Waals surface area contributed by atoms with Gasteiger partial charge in [-0.1, -0.05) is 28.8 Å². The van der Waals surface area contributed by atoms with Gasteiger partial charge in [0.05, 0.1) is 5.33 Å². The summed E-state index contributed by atoms with van der Waals surface area (Å²) >= 11 is 5.05. The minimum absolute atomic E-state index is 0.0975. The molecular weight excluding hydrogens is 250 g/mol. The van der Waals surface area contributed by atoms with E-state index in [1.807, 2.05) is 11.8 Å². The number of hydrogen-bond acceptors (Lipinski definition) is 2. The van der Waals surface area contributed by atoms with Crippen LogP contribution in [0, 0.1) is 0 Å². The van der Waals surface area contributed by atoms with E-state index in [1.54, 1.807) is 0 Å². The Bertz CT molecular complexity index is 180. The molecule has 1 N–H and O–H groups in total. The minimum Gasteiger partial charge on any atom is -0.354 e. The first-order chi connectivity index (χ1) is 6.22. The van der Waals surface area contributed by atoms with Crippen LogP contribution in [0.15, 0.2) is 0 Å². The zero-order valence-electron chi connectivity index (χ0n) is 7.94. The maximum Gasteiger partial charge on any atom is 0.230 e. The van der Waals surface area contributed by atoms with Crippen molar-refractivity contribution in [3.05, 3.63) is 0 Å². The van der Waals surface area contributed by atoms with Crippen molar-refractivity contribution in [2.75, 3.05) is 18.1 Å². The smallest absolute Gasteiger partial charge is 0.230 e. The second-order valence-corrected chi connectivity index (χ2v) is 5.34. The highest BCUT2D eigenvalue weighted by Gasteiger charge is 2.32. The number of carbonyl (C=O) groups excluding carboxylic acids is 1. The van der Waals surface area contributed by atoms with E-state index in [2.05, 4.69) is 27.5 Å². The number of thioether (sulfide) groups is 1. The molecule has 0 heterocycles. The molecule has 1 fully saturated rings. The lowest BCUT2D eigenvalue weighted by atomic mass is 10.1. The Morgan fingerprint density at radius 3 is 2.62 bits per heavy atom. The van der Waals surface area contributed by atoms with Crippen molar-refractivity contribution < 1.29 is 4.79 Å². The van der Waals surface area contributed by atoms with Crippen LogP contribution >= 0.6 is 27.7 Å². The number of nitrogens with one attached hydrogen (secondary N) is 1. The topological polar surface area (TPSA) is 29.1 Å². The van der Waals surface area contributed by atoms with Crippen LogP contribution in [0.3, 0.4) is 0 Å². The molecule has 1 amide bonds. The predicted octanol–water partition coefficient (Wildman–Crippen LogP) is 2.17. The molecule has 2 nitrogen and oxygen atoms in total. The van der Waals surface area contributed by atoms with Gasteiger partial charge < -0.3 is 5.32 Å². The molecule has 1 aliphatic carbocycles. The SMILES string of the molecule is CSC1(CNC(=O)CBr)CCCC1. The van der Waals surface area contributed by atoms with Crippen molar-refractivity contribution in [3.8, 4) is 0 Å². The van der Waals surface area contributed by atoms with Gasteiger partial charge in [0.2, 0.25) is 5.91 Å². The highest BCUT2D eigenvalue weighted by Crippen LogP contribution is 2.39. The third kappa shape index (κ3) is 3.17. The number of alkyl halides is 1. The number of halogens is 1. The van der Waals surface area contributed by atoms with E-state index in [0.29, 0.717) is 10.1 Å². The summed E-state index contributed by atoms with van der Waals surface area (Å²) in [7, 11) is 0. The number of hydrogen-bond donors (Lipinski definition) is 1. The van der Waals surface area contributed by atoms with Crippen molar-refractivity contribution in [2.45, 2.75) is 30.4 Å². The Morgan fingerprint density at radius 2 is 2.15 bits per heavy atom. The molecule has 0 unspecified atom stereocenters. The maximum absolute atomic E-state index is 11.1. The van der Waals surface area contributed by atoms with Gasteiger partial charge in [-0.2, -0.15) is 11.8 Å². The van der Waals surface area contributed by atoms with Crippen LogP contribution in [-0.4, -0.2) is 28.8 Å². The zero-order chi connectivity index (χ0) is 9.73. The van der Waals surface area contributed by atoms with E-state index < -0.39 is 0 Å². The number of rotatable bonds is 4. The van der Waals surface area contributed by atoms with Crippen LogP contribution in [0.2, 0.25) is 0 Å². The van der Waals surface area contributed by atoms with E-state index in [1.165, 1.54) is 25.7 Å². The van der Waals surface area contributed by atoms with Crippen molar-refractivity contribution in [2.24, 2.45) is 0 Å². The summed E-state index contributed by atoms with van der Waals surface area (Å²) in [5, 5.41) is 3.37. The van der Waals surface area contributed by atoms with Crippen molar-refractivity contribution >= 4 is 33.6 Å². The van der Waals surface area contributed by atoms with Gasteiger partial charge in [-0.3, -0.25) is 4.79 Å². The van der Waals surface area contributed by atoms with Gasteiger partial charge in [0, 0.05) is 11.3 Å². The first-order valence-corrected chi connectivity index (χ1v) is 6.95. The third-order valence-electron chi connectivity index (χ3n) is 2.68. The number of amides is 1. The fourth-order valence-electron chi connectivity index (χ4n) is 1.78. The molecule has 13 heavy (non-hydrogen) atoms. The van der Waals surface area contributed by atoms with Crippen molar-refractivity contribution in [1.29, 1.82) is 0 Å². The second-order valence-electron chi connectivity index (χ2n) is 3.50. The molecule has 1 saturated carbocycles. The molecule has 0 radical (unpaired) electrons. The monoisotopic (exact) mass is 265 g/mol. The largest absolute Gasteiger partial charge is 0.354 e. The summed E-state index contributed by atoms with van der Waals surface area (Å²) in [4.78, 5) is 11.1. The second kappa shape index (κ2) is 5.25.